The molecule has 2 nitrogen and oxygen atoms in total. The first kappa shape index (κ1) is 15.5. The summed E-state index contributed by atoms with van der Waals surface area (Å²) in [5.74, 6) is 2.84. The van der Waals surface area contributed by atoms with Gasteiger partial charge in [-0.3, -0.25) is 0 Å². The summed E-state index contributed by atoms with van der Waals surface area (Å²) < 4.78 is 5.18. The molecule has 0 aliphatic carbocycles. The van der Waals surface area contributed by atoms with E-state index in [1.807, 2.05) is 11.8 Å². The first-order chi connectivity index (χ1) is 10.1. The molecular weight excluding hydrogens is 345 g/mol. The Morgan fingerprint density at radius 1 is 1.24 bits per heavy atom. The number of aryl methyl sites for hydroxylation is 1. The van der Waals surface area contributed by atoms with Gasteiger partial charge in [0.1, 0.15) is 5.75 Å². The zero-order valence-corrected chi connectivity index (χ0v) is 14.6. The fourth-order valence-electron chi connectivity index (χ4n) is 2.42. The van der Waals surface area contributed by atoms with Gasteiger partial charge in [-0.25, -0.2) is 0 Å². The third-order valence-corrected chi connectivity index (χ3v) is 6.51. The Morgan fingerprint density at radius 2 is 2.05 bits per heavy atom. The van der Waals surface area contributed by atoms with Crippen molar-refractivity contribution in [3.63, 3.8) is 0 Å². The number of hydrogen-bond donors (Lipinski definition) is 1. The van der Waals surface area contributed by atoms with Crippen LogP contribution in [-0.2, 0) is 12.2 Å². The van der Waals surface area contributed by atoms with Crippen LogP contribution in [0, 0.1) is 0 Å². The topological polar surface area (TPSA) is 35.2 Å². The van der Waals surface area contributed by atoms with Gasteiger partial charge in [0, 0.05) is 26.6 Å². The van der Waals surface area contributed by atoms with Gasteiger partial charge in [-0.05, 0) is 35.4 Å². The highest BCUT2D eigenvalue weighted by atomic mass is 35.5. The number of benzene rings is 1. The molecule has 6 heteroatoms. The monoisotopic (exact) mass is 359 g/mol. The van der Waals surface area contributed by atoms with Crippen molar-refractivity contribution in [2.75, 3.05) is 12.9 Å². The molecule has 0 saturated heterocycles. The van der Waals surface area contributed by atoms with Crippen LogP contribution in [0.3, 0.4) is 0 Å². The van der Waals surface area contributed by atoms with Gasteiger partial charge in [0.2, 0.25) is 0 Å². The predicted molar refractivity (Wildman–Crippen MR) is 93.2 cm³/mol. The van der Waals surface area contributed by atoms with Crippen LogP contribution in [0.1, 0.15) is 26.9 Å². The molecule has 0 amide bonds. The first-order valence-electron chi connectivity index (χ1n) is 6.58. The van der Waals surface area contributed by atoms with E-state index in [0.29, 0.717) is 15.8 Å². The average Bonchev–Trinajstić information content (AvgIpc) is 2.92. The van der Waals surface area contributed by atoms with E-state index in [1.165, 1.54) is 16.2 Å². The minimum Gasteiger partial charge on any atom is -0.495 e. The van der Waals surface area contributed by atoms with E-state index in [-0.39, 0.29) is 6.04 Å². The second-order valence-corrected chi connectivity index (χ2v) is 7.97. The summed E-state index contributed by atoms with van der Waals surface area (Å²) in [4.78, 5) is 2.60. The van der Waals surface area contributed by atoms with Crippen molar-refractivity contribution in [1.29, 1.82) is 0 Å². The van der Waals surface area contributed by atoms with E-state index in [1.54, 1.807) is 30.6 Å². The van der Waals surface area contributed by atoms with E-state index < -0.39 is 0 Å². The van der Waals surface area contributed by atoms with Crippen molar-refractivity contribution < 1.29 is 4.74 Å². The molecule has 1 aliphatic rings. The summed E-state index contributed by atoms with van der Waals surface area (Å²) in [5, 5.41) is 1.12. The number of thiophene rings is 1. The standard InChI is InChI=1S/C15H15Cl2NOS2/c1-19-12-6-10(16)9(5-11(12)17)15(18)14-4-8-7-20-3-2-13(8)21-14/h4-6,15H,2-3,7,18H2,1H3. The lowest BCUT2D eigenvalue weighted by Gasteiger charge is -2.14. The Labute approximate surface area is 142 Å². The lowest BCUT2D eigenvalue weighted by Crippen LogP contribution is -2.11. The van der Waals surface area contributed by atoms with Crippen LogP contribution < -0.4 is 10.5 Å². The van der Waals surface area contributed by atoms with Gasteiger partial charge >= 0.3 is 0 Å². The average molecular weight is 360 g/mol. The fourth-order valence-corrected chi connectivity index (χ4v) is 5.33. The zero-order valence-electron chi connectivity index (χ0n) is 11.5. The molecule has 112 valence electrons. The summed E-state index contributed by atoms with van der Waals surface area (Å²) in [6.07, 6.45) is 1.13. The maximum atomic E-state index is 6.41. The van der Waals surface area contributed by atoms with E-state index in [0.717, 1.165) is 22.6 Å². The SMILES string of the molecule is COc1cc(Cl)c(C(N)c2cc3c(s2)CCSC3)cc1Cl. The summed E-state index contributed by atoms with van der Waals surface area (Å²) >= 11 is 16.3. The number of ether oxygens (including phenoxy) is 1. The molecule has 2 heterocycles. The predicted octanol–water partition coefficient (Wildman–Crippen LogP) is 4.90. The van der Waals surface area contributed by atoms with Crippen LogP contribution in [0.2, 0.25) is 10.0 Å². The second kappa shape index (κ2) is 6.39. The van der Waals surface area contributed by atoms with Crippen molar-refractivity contribution in [2.24, 2.45) is 5.73 Å². The third kappa shape index (κ3) is 3.06. The van der Waals surface area contributed by atoms with Crippen LogP contribution in [0.15, 0.2) is 18.2 Å². The molecule has 0 bridgehead atoms. The summed E-state index contributed by atoms with van der Waals surface area (Å²) in [7, 11) is 1.57. The van der Waals surface area contributed by atoms with Gasteiger partial charge in [-0.1, -0.05) is 23.2 Å². The molecule has 2 N–H and O–H groups in total. The van der Waals surface area contributed by atoms with Gasteiger partial charge in [-0.2, -0.15) is 11.8 Å². The maximum absolute atomic E-state index is 6.41. The first-order valence-corrected chi connectivity index (χ1v) is 9.30. The highest BCUT2D eigenvalue weighted by Gasteiger charge is 2.21. The quantitative estimate of drug-likeness (QED) is 0.846. The van der Waals surface area contributed by atoms with Gasteiger partial charge in [0.05, 0.1) is 18.2 Å². The van der Waals surface area contributed by atoms with Crippen LogP contribution in [0.4, 0.5) is 0 Å². The number of thioether (sulfide) groups is 1. The summed E-state index contributed by atoms with van der Waals surface area (Å²) in [6, 6.07) is 5.50. The molecule has 21 heavy (non-hydrogen) atoms. The molecule has 1 atom stereocenters. The molecular formula is C15H15Cl2NOS2. The minimum atomic E-state index is -0.249. The Hall–Kier alpha value is -0.390. The van der Waals surface area contributed by atoms with Crippen LogP contribution in [0.25, 0.3) is 0 Å². The number of rotatable bonds is 3. The molecule has 1 unspecified atom stereocenters. The molecule has 0 radical (unpaired) electrons. The largest absolute Gasteiger partial charge is 0.495 e. The van der Waals surface area contributed by atoms with E-state index in [9.17, 15) is 0 Å². The van der Waals surface area contributed by atoms with Gasteiger partial charge in [-0.15, -0.1) is 11.3 Å². The minimum absolute atomic E-state index is 0.249. The normalized spacial score (nSPS) is 15.6. The summed E-state index contributed by atoms with van der Waals surface area (Å²) in [5.41, 5.74) is 8.66. The van der Waals surface area contributed by atoms with Crippen molar-refractivity contribution >= 4 is 46.3 Å². The fraction of sp³-hybridized carbons (Fsp3) is 0.333. The molecule has 1 aliphatic heterocycles. The Bertz CT molecular complexity index is 648. The summed E-state index contributed by atoms with van der Waals surface area (Å²) in [6.45, 7) is 0. The van der Waals surface area contributed by atoms with Gasteiger partial charge in [0.25, 0.3) is 0 Å². The highest BCUT2D eigenvalue weighted by Crippen LogP contribution is 2.39. The van der Waals surface area contributed by atoms with Crippen molar-refractivity contribution in [3.05, 3.63) is 49.1 Å². The second-order valence-electron chi connectivity index (χ2n) is 4.89. The molecule has 1 aromatic carbocycles. The number of fused-ring (bicyclic) bond motifs is 1. The molecule has 0 saturated carbocycles. The molecule has 1 aromatic heterocycles. The van der Waals surface area contributed by atoms with Crippen molar-refractivity contribution in [3.8, 4) is 5.75 Å². The van der Waals surface area contributed by atoms with E-state index in [2.05, 4.69) is 6.07 Å². The highest BCUT2D eigenvalue weighted by molar-refractivity contribution is 7.98. The van der Waals surface area contributed by atoms with Crippen LogP contribution >= 0.6 is 46.3 Å². The molecule has 3 rings (SSSR count). The lowest BCUT2D eigenvalue weighted by molar-refractivity contribution is 0.415. The van der Waals surface area contributed by atoms with Crippen molar-refractivity contribution in [2.45, 2.75) is 18.2 Å². The van der Waals surface area contributed by atoms with Crippen LogP contribution in [0.5, 0.6) is 5.75 Å². The number of hydrogen-bond acceptors (Lipinski definition) is 4. The third-order valence-electron chi connectivity index (χ3n) is 3.56. The zero-order chi connectivity index (χ0) is 15.0. The van der Waals surface area contributed by atoms with E-state index in [4.69, 9.17) is 33.7 Å². The lowest BCUT2D eigenvalue weighted by atomic mass is 10.0. The maximum Gasteiger partial charge on any atom is 0.138 e. The Morgan fingerprint density at radius 3 is 2.76 bits per heavy atom. The molecule has 0 spiro atoms. The smallest absolute Gasteiger partial charge is 0.138 e. The van der Waals surface area contributed by atoms with Crippen LogP contribution in [-0.4, -0.2) is 12.9 Å². The van der Waals surface area contributed by atoms with Gasteiger partial charge < -0.3 is 10.5 Å². The molecule has 2 aromatic rings. The number of nitrogens with two attached hydrogens (primary N) is 1. The van der Waals surface area contributed by atoms with Crippen molar-refractivity contribution in [1.82, 2.24) is 0 Å². The Kier molecular flexibility index (Phi) is 4.71. The van der Waals surface area contributed by atoms with E-state index >= 15 is 0 Å². The van der Waals surface area contributed by atoms with Gasteiger partial charge in [0.15, 0.2) is 0 Å². The Balaban J connectivity index is 1.96. The molecule has 0 fully saturated rings. The number of halogens is 2. The number of methoxy groups -OCH3 is 1.